The molecule has 0 spiro atoms. The van der Waals surface area contributed by atoms with Crippen LogP contribution in [-0.4, -0.2) is 11.2 Å². The van der Waals surface area contributed by atoms with Crippen LogP contribution in [0.4, 0.5) is 5.69 Å². The van der Waals surface area contributed by atoms with E-state index in [2.05, 4.69) is 15.9 Å². The van der Waals surface area contributed by atoms with E-state index in [1.165, 1.54) is 6.07 Å². The zero-order valence-corrected chi connectivity index (χ0v) is 12.1. The largest absolute Gasteiger partial charge is 0.456 e. The molecule has 102 valence electrons. The van der Waals surface area contributed by atoms with Crippen molar-refractivity contribution in [1.29, 1.82) is 0 Å². The van der Waals surface area contributed by atoms with Crippen LogP contribution in [0.3, 0.4) is 0 Å². The topological polar surface area (TPSA) is 69.4 Å². The van der Waals surface area contributed by atoms with Crippen LogP contribution in [0, 0.1) is 17.0 Å². The van der Waals surface area contributed by atoms with Crippen molar-refractivity contribution >= 4 is 27.9 Å². The van der Waals surface area contributed by atoms with Gasteiger partial charge in [-0.2, -0.15) is 0 Å². The van der Waals surface area contributed by atoms with Gasteiger partial charge in [-0.25, -0.2) is 0 Å². The van der Waals surface area contributed by atoms with E-state index >= 15 is 0 Å². The zero-order valence-electron chi connectivity index (χ0n) is 10.5. The second-order valence-corrected chi connectivity index (χ2v) is 4.88. The summed E-state index contributed by atoms with van der Waals surface area (Å²) in [5.74, 6) is 0.887. The minimum Gasteiger partial charge on any atom is -0.456 e. The minimum atomic E-state index is -0.487. The third kappa shape index (κ3) is 2.85. The van der Waals surface area contributed by atoms with Gasteiger partial charge in [0.1, 0.15) is 22.3 Å². The number of rotatable bonds is 4. The standard InChI is InChI=1S/C14H10BrNO4/c1-9-7-10(8-17)5-6-12(9)20-13-4-2-3-11(14(13)15)16(18)19/h2-8H,1H3. The molecule has 20 heavy (non-hydrogen) atoms. The molecule has 0 N–H and O–H groups in total. The molecule has 0 aliphatic heterocycles. The second-order valence-electron chi connectivity index (χ2n) is 4.09. The number of carbonyl (C=O) groups is 1. The molecule has 0 bridgehead atoms. The molecular weight excluding hydrogens is 326 g/mol. The first kappa shape index (κ1) is 14.2. The van der Waals surface area contributed by atoms with E-state index in [1.807, 2.05) is 0 Å². The number of nitrogens with zero attached hydrogens (tertiary/aromatic N) is 1. The molecule has 0 unspecified atom stereocenters. The monoisotopic (exact) mass is 335 g/mol. The van der Waals surface area contributed by atoms with Crippen molar-refractivity contribution in [3.63, 3.8) is 0 Å². The summed E-state index contributed by atoms with van der Waals surface area (Å²) in [7, 11) is 0. The molecule has 2 rings (SSSR count). The van der Waals surface area contributed by atoms with E-state index in [1.54, 1.807) is 37.3 Å². The van der Waals surface area contributed by atoms with Gasteiger partial charge in [-0.1, -0.05) is 6.07 Å². The lowest BCUT2D eigenvalue weighted by atomic mass is 10.1. The Balaban J connectivity index is 2.38. The molecule has 0 aromatic heterocycles. The Labute approximate surface area is 123 Å². The average molecular weight is 336 g/mol. The number of benzene rings is 2. The summed E-state index contributed by atoms with van der Waals surface area (Å²) in [4.78, 5) is 21.0. The Morgan fingerprint density at radius 3 is 2.60 bits per heavy atom. The van der Waals surface area contributed by atoms with E-state index in [0.717, 1.165) is 11.8 Å². The van der Waals surface area contributed by atoms with E-state index in [0.29, 0.717) is 17.1 Å². The summed E-state index contributed by atoms with van der Waals surface area (Å²) in [5, 5.41) is 10.9. The van der Waals surface area contributed by atoms with Crippen LogP contribution in [-0.2, 0) is 0 Å². The number of ether oxygens (including phenoxy) is 1. The number of halogens is 1. The summed E-state index contributed by atoms with van der Waals surface area (Å²) in [6.45, 7) is 1.80. The molecular formula is C14H10BrNO4. The second kappa shape index (κ2) is 5.83. The molecule has 5 nitrogen and oxygen atoms in total. The van der Waals surface area contributed by atoms with Crippen molar-refractivity contribution in [2.45, 2.75) is 6.92 Å². The van der Waals surface area contributed by atoms with Gasteiger partial charge >= 0.3 is 0 Å². The zero-order chi connectivity index (χ0) is 14.7. The maximum atomic E-state index is 10.9. The Morgan fingerprint density at radius 1 is 1.25 bits per heavy atom. The molecule has 0 saturated carbocycles. The van der Waals surface area contributed by atoms with Gasteiger partial charge in [-0.05, 0) is 52.7 Å². The van der Waals surface area contributed by atoms with Crippen molar-refractivity contribution in [2.75, 3.05) is 0 Å². The Hall–Kier alpha value is -2.21. The van der Waals surface area contributed by atoms with Gasteiger partial charge in [-0.15, -0.1) is 0 Å². The van der Waals surface area contributed by atoms with Gasteiger partial charge in [0.2, 0.25) is 0 Å². The molecule has 0 heterocycles. The summed E-state index contributed by atoms with van der Waals surface area (Å²) in [5.41, 5.74) is 1.26. The van der Waals surface area contributed by atoms with Gasteiger partial charge in [0.25, 0.3) is 5.69 Å². The fourth-order valence-electron chi connectivity index (χ4n) is 1.70. The van der Waals surface area contributed by atoms with Gasteiger partial charge in [0, 0.05) is 11.6 Å². The number of aryl methyl sites for hydroxylation is 1. The Kier molecular flexibility index (Phi) is 4.14. The van der Waals surface area contributed by atoms with Crippen molar-refractivity contribution in [2.24, 2.45) is 0 Å². The first-order valence-corrected chi connectivity index (χ1v) is 6.49. The van der Waals surface area contributed by atoms with Crippen molar-refractivity contribution < 1.29 is 14.5 Å². The summed E-state index contributed by atoms with van der Waals surface area (Å²) in [6.07, 6.45) is 0.750. The highest BCUT2D eigenvalue weighted by atomic mass is 79.9. The highest BCUT2D eigenvalue weighted by molar-refractivity contribution is 9.10. The van der Waals surface area contributed by atoms with Crippen LogP contribution in [0.25, 0.3) is 0 Å². The fourth-order valence-corrected chi connectivity index (χ4v) is 2.19. The van der Waals surface area contributed by atoms with E-state index in [9.17, 15) is 14.9 Å². The maximum absolute atomic E-state index is 10.9. The lowest BCUT2D eigenvalue weighted by Crippen LogP contribution is -1.94. The molecule has 6 heteroatoms. The first-order valence-electron chi connectivity index (χ1n) is 5.69. The lowest BCUT2D eigenvalue weighted by Gasteiger charge is -2.10. The molecule has 0 atom stereocenters. The minimum absolute atomic E-state index is 0.0651. The molecule has 0 aliphatic carbocycles. The van der Waals surface area contributed by atoms with Crippen LogP contribution >= 0.6 is 15.9 Å². The predicted molar refractivity (Wildman–Crippen MR) is 77.4 cm³/mol. The molecule has 2 aromatic rings. The molecule has 0 radical (unpaired) electrons. The molecule has 0 amide bonds. The molecule has 2 aromatic carbocycles. The lowest BCUT2D eigenvalue weighted by molar-refractivity contribution is -0.385. The van der Waals surface area contributed by atoms with E-state index < -0.39 is 4.92 Å². The number of nitro benzene ring substituents is 1. The number of carbonyl (C=O) groups excluding carboxylic acids is 1. The smallest absolute Gasteiger partial charge is 0.287 e. The van der Waals surface area contributed by atoms with Gasteiger partial charge < -0.3 is 4.74 Å². The van der Waals surface area contributed by atoms with Gasteiger partial charge in [-0.3, -0.25) is 14.9 Å². The third-order valence-electron chi connectivity index (χ3n) is 2.69. The van der Waals surface area contributed by atoms with Crippen molar-refractivity contribution in [3.8, 4) is 11.5 Å². The van der Waals surface area contributed by atoms with Gasteiger partial charge in [0.15, 0.2) is 0 Å². The molecule has 0 fully saturated rings. The first-order chi connectivity index (χ1) is 9.52. The third-order valence-corrected chi connectivity index (χ3v) is 3.49. The van der Waals surface area contributed by atoms with Crippen LogP contribution in [0.2, 0.25) is 0 Å². The quantitative estimate of drug-likeness (QED) is 0.475. The van der Waals surface area contributed by atoms with Crippen LogP contribution in [0.15, 0.2) is 40.9 Å². The summed E-state index contributed by atoms with van der Waals surface area (Å²) in [6, 6.07) is 9.54. The Bertz CT molecular complexity index is 685. The average Bonchev–Trinajstić information content (AvgIpc) is 2.42. The number of hydrogen-bond acceptors (Lipinski definition) is 4. The molecule has 0 aliphatic rings. The van der Waals surface area contributed by atoms with Crippen LogP contribution in [0.5, 0.6) is 11.5 Å². The van der Waals surface area contributed by atoms with E-state index in [-0.39, 0.29) is 10.2 Å². The maximum Gasteiger partial charge on any atom is 0.287 e. The number of nitro groups is 1. The normalized spacial score (nSPS) is 10.1. The predicted octanol–water partition coefficient (Wildman–Crippen LogP) is 4.27. The highest BCUT2D eigenvalue weighted by Crippen LogP contribution is 2.37. The van der Waals surface area contributed by atoms with Crippen molar-refractivity contribution in [3.05, 3.63) is 62.1 Å². The Morgan fingerprint density at radius 2 is 2.00 bits per heavy atom. The SMILES string of the molecule is Cc1cc(C=O)ccc1Oc1cccc([N+](=O)[O-])c1Br. The number of aldehydes is 1. The van der Waals surface area contributed by atoms with Crippen LogP contribution in [0.1, 0.15) is 15.9 Å². The van der Waals surface area contributed by atoms with Crippen LogP contribution < -0.4 is 4.74 Å². The summed E-state index contributed by atoms with van der Waals surface area (Å²) >= 11 is 3.17. The number of hydrogen-bond donors (Lipinski definition) is 0. The highest BCUT2D eigenvalue weighted by Gasteiger charge is 2.16. The fraction of sp³-hybridized carbons (Fsp3) is 0.0714. The summed E-state index contributed by atoms with van der Waals surface area (Å²) < 4.78 is 5.94. The van der Waals surface area contributed by atoms with E-state index in [4.69, 9.17) is 4.74 Å². The molecule has 0 saturated heterocycles. The van der Waals surface area contributed by atoms with Gasteiger partial charge in [0.05, 0.1) is 4.92 Å². The van der Waals surface area contributed by atoms with Crippen molar-refractivity contribution in [1.82, 2.24) is 0 Å².